The zero-order valence-corrected chi connectivity index (χ0v) is 13.0. The molecule has 2 heterocycles. The Labute approximate surface area is 121 Å². The molecular weight excluding hydrogens is 312 g/mol. The standard InChI is InChI=1S/C13H19BrN2OS/c1-2-7-16(11-3-5-15-6-4-11)13(17)10-8-12(14)18-9-10/h8-9,11,15H,2-7H2,1H3. The van der Waals surface area contributed by atoms with Crippen LogP contribution in [0.15, 0.2) is 15.2 Å². The molecule has 1 aromatic rings. The number of hydrogen-bond donors (Lipinski definition) is 1. The van der Waals surface area contributed by atoms with Crippen molar-refractivity contribution in [1.29, 1.82) is 0 Å². The number of halogens is 1. The van der Waals surface area contributed by atoms with Crippen LogP contribution in [0.4, 0.5) is 0 Å². The number of nitrogens with one attached hydrogen (secondary N) is 1. The average molecular weight is 331 g/mol. The minimum atomic E-state index is 0.186. The van der Waals surface area contributed by atoms with Gasteiger partial charge in [-0.2, -0.15) is 0 Å². The summed E-state index contributed by atoms with van der Waals surface area (Å²) in [4.78, 5) is 14.6. The Morgan fingerprint density at radius 1 is 1.56 bits per heavy atom. The minimum Gasteiger partial charge on any atom is -0.336 e. The molecule has 1 saturated heterocycles. The molecule has 1 N–H and O–H groups in total. The van der Waals surface area contributed by atoms with E-state index in [2.05, 4.69) is 33.1 Å². The van der Waals surface area contributed by atoms with Crippen LogP contribution in [-0.2, 0) is 0 Å². The molecular formula is C13H19BrN2OS. The topological polar surface area (TPSA) is 32.3 Å². The first-order valence-corrected chi connectivity index (χ1v) is 8.15. The molecule has 0 bridgehead atoms. The molecule has 1 aliphatic heterocycles. The first kappa shape index (κ1) is 14.0. The highest BCUT2D eigenvalue weighted by Crippen LogP contribution is 2.23. The van der Waals surface area contributed by atoms with E-state index in [1.165, 1.54) is 0 Å². The maximum Gasteiger partial charge on any atom is 0.254 e. The predicted molar refractivity (Wildman–Crippen MR) is 79.2 cm³/mol. The molecule has 0 unspecified atom stereocenters. The van der Waals surface area contributed by atoms with Crippen LogP contribution >= 0.6 is 27.3 Å². The molecule has 0 atom stereocenters. The molecule has 0 spiro atoms. The number of nitrogens with zero attached hydrogens (tertiary/aromatic N) is 1. The fraction of sp³-hybridized carbons (Fsp3) is 0.615. The first-order chi connectivity index (χ1) is 8.72. The van der Waals surface area contributed by atoms with Gasteiger partial charge in [-0.25, -0.2) is 0 Å². The van der Waals surface area contributed by atoms with Gasteiger partial charge in [-0.05, 0) is 54.3 Å². The Kier molecular flexibility index (Phi) is 5.21. The van der Waals surface area contributed by atoms with Crippen LogP contribution < -0.4 is 5.32 Å². The summed E-state index contributed by atoms with van der Waals surface area (Å²) in [5, 5.41) is 5.29. The Balaban J connectivity index is 2.10. The Morgan fingerprint density at radius 3 is 2.83 bits per heavy atom. The third kappa shape index (κ3) is 3.33. The third-order valence-corrected chi connectivity index (χ3v) is 4.79. The molecule has 0 aromatic carbocycles. The van der Waals surface area contributed by atoms with Crippen molar-refractivity contribution in [2.45, 2.75) is 32.2 Å². The molecule has 18 heavy (non-hydrogen) atoms. The van der Waals surface area contributed by atoms with Crippen LogP contribution in [0, 0.1) is 0 Å². The van der Waals surface area contributed by atoms with Gasteiger partial charge < -0.3 is 10.2 Å². The van der Waals surface area contributed by atoms with E-state index in [-0.39, 0.29) is 5.91 Å². The SMILES string of the molecule is CCCN(C(=O)c1csc(Br)c1)C1CCNCC1. The molecule has 2 rings (SSSR count). The predicted octanol–water partition coefficient (Wildman–Crippen LogP) is 3.11. The molecule has 1 fully saturated rings. The van der Waals surface area contributed by atoms with Gasteiger partial charge >= 0.3 is 0 Å². The van der Waals surface area contributed by atoms with Gasteiger partial charge in [0.2, 0.25) is 0 Å². The summed E-state index contributed by atoms with van der Waals surface area (Å²) in [5.41, 5.74) is 0.818. The Hall–Kier alpha value is -0.390. The van der Waals surface area contributed by atoms with Crippen molar-refractivity contribution >= 4 is 33.2 Å². The second kappa shape index (κ2) is 6.68. The normalized spacial score (nSPS) is 16.8. The molecule has 1 aliphatic rings. The lowest BCUT2D eigenvalue weighted by Gasteiger charge is -2.34. The number of rotatable bonds is 4. The van der Waals surface area contributed by atoms with E-state index >= 15 is 0 Å². The second-order valence-corrected chi connectivity index (χ2v) is 6.91. The lowest BCUT2D eigenvalue weighted by atomic mass is 10.0. The molecule has 5 heteroatoms. The summed E-state index contributed by atoms with van der Waals surface area (Å²) in [7, 11) is 0. The van der Waals surface area contributed by atoms with Gasteiger partial charge in [0.25, 0.3) is 5.91 Å². The van der Waals surface area contributed by atoms with Gasteiger partial charge in [-0.3, -0.25) is 4.79 Å². The number of thiophene rings is 1. The van der Waals surface area contributed by atoms with E-state index in [0.717, 1.165) is 48.2 Å². The van der Waals surface area contributed by atoms with Crippen molar-refractivity contribution in [2.24, 2.45) is 0 Å². The van der Waals surface area contributed by atoms with E-state index in [1.54, 1.807) is 11.3 Å². The minimum absolute atomic E-state index is 0.186. The Bertz CT molecular complexity index is 401. The van der Waals surface area contributed by atoms with Gasteiger partial charge in [0.15, 0.2) is 0 Å². The highest BCUT2D eigenvalue weighted by Gasteiger charge is 2.25. The van der Waals surface area contributed by atoms with Crippen molar-refractivity contribution in [2.75, 3.05) is 19.6 Å². The van der Waals surface area contributed by atoms with E-state index in [4.69, 9.17) is 0 Å². The molecule has 1 aromatic heterocycles. The molecule has 100 valence electrons. The highest BCUT2D eigenvalue weighted by atomic mass is 79.9. The second-order valence-electron chi connectivity index (χ2n) is 4.62. The van der Waals surface area contributed by atoms with Crippen LogP contribution in [0.25, 0.3) is 0 Å². The van der Waals surface area contributed by atoms with Gasteiger partial charge in [0.1, 0.15) is 0 Å². The van der Waals surface area contributed by atoms with Gasteiger partial charge in [0.05, 0.1) is 9.35 Å². The fourth-order valence-corrected chi connectivity index (χ4v) is 3.53. The quantitative estimate of drug-likeness (QED) is 0.919. The van der Waals surface area contributed by atoms with Crippen LogP contribution in [0.3, 0.4) is 0 Å². The number of amides is 1. The first-order valence-electron chi connectivity index (χ1n) is 6.48. The summed E-state index contributed by atoms with van der Waals surface area (Å²) in [6, 6.07) is 2.33. The third-order valence-electron chi connectivity index (χ3n) is 3.29. The largest absolute Gasteiger partial charge is 0.336 e. The summed E-state index contributed by atoms with van der Waals surface area (Å²) in [5.74, 6) is 0.186. The smallest absolute Gasteiger partial charge is 0.254 e. The van der Waals surface area contributed by atoms with Crippen molar-refractivity contribution in [3.63, 3.8) is 0 Å². The van der Waals surface area contributed by atoms with E-state index < -0.39 is 0 Å². The van der Waals surface area contributed by atoms with E-state index in [9.17, 15) is 4.79 Å². The molecule has 1 amide bonds. The van der Waals surface area contributed by atoms with Crippen LogP contribution in [0.2, 0.25) is 0 Å². The molecule has 3 nitrogen and oxygen atoms in total. The fourth-order valence-electron chi connectivity index (χ4n) is 2.40. The van der Waals surface area contributed by atoms with E-state index in [0.29, 0.717) is 6.04 Å². The lowest BCUT2D eigenvalue weighted by Crippen LogP contribution is -2.46. The molecule has 0 radical (unpaired) electrons. The van der Waals surface area contributed by atoms with Crippen LogP contribution in [-0.4, -0.2) is 36.5 Å². The molecule has 0 saturated carbocycles. The summed E-state index contributed by atoms with van der Waals surface area (Å²) in [6.45, 7) is 5.03. The summed E-state index contributed by atoms with van der Waals surface area (Å²) < 4.78 is 1.02. The van der Waals surface area contributed by atoms with Crippen LogP contribution in [0.1, 0.15) is 36.5 Å². The van der Waals surface area contributed by atoms with E-state index in [1.807, 2.05) is 11.4 Å². The Morgan fingerprint density at radius 2 is 2.28 bits per heavy atom. The summed E-state index contributed by atoms with van der Waals surface area (Å²) in [6.07, 6.45) is 3.15. The summed E-state index contributed by atoms with van der Waals surface area (Å²) >= 11 is 4.99. The zero-order valence-electron chi connectivity index (χ0n) is 10.6. The zero-order chi connectivity index (χ0) is 13.0. The van der Waals surface area contributed by atoms with Gasteiger partial charge in [0, 0.05) is 18.0 Å². The van der Waals surface area contributed by atoms with Crippen molar-refractivity contribution < 1.29 is 4.79 Å². The molecule has 0 aliphatic carbocycles. The number of piperidine rings is 1. The van der Waals surface area contributed by atoms with Gasteiger partial charge in [-0.15, -0.1) is 11.3 Å². The van der Waals surface area contributed by atoms with Crippen LogP contribution in [0.5, 0.6) is 0 Å². The van der Waals surface area contributed by atoms with Crippen molar-refractivity contribution in [1.82, 2.24) is 10.2 Å². The lowest BCUT2D eigenvalue weighted by molar-refractivity contribution is 0.0643. The number of carbonyl (C=O) groups excluding carboxylic acids is 1. The number of hydrogen-bond acceptors (Lipinski definition) is 3. The highest BCUT2D eigenvalue weighted by molar-refractivity contribution is 9.11. The maximum atomic E-state index is 12.5. The van der Waals surface area contributed by atoms with Crippen molar-refractivity contribution in [3.8, 4) is 0 Å². The average Bonchev–Trinajstić information content (AvgIpc) is 2.83. The number of carbonyl (C=O) groups is 1. The van der Waals surface area contributed by atoms with Crippen molar-refractivity contribution in [3.05, 3.63) is 20.8 Å². The van der Waals surface area contributed by atoms with Gasteiger partial charge in [-0.1, -0.05) is 6.92 Å². The monoisotopic (exact) mass is 330 g/mol. The maximum absolute atomic E-state index is 12.5.